The summed E-state index contributed by atoms with van der Waals surface area (Å²) in [6.07, 6.45) is 6.52. The van der Waals surface area contributed by atoms with E-state index in [1.165, 1.54) is 0 Å². The molecule has 1 aromatic heterocycles. The highest BCUT2D eigenvalue weighted by Crippen LogP contribution is 2.22. The number of allylic oxidation sites excluding steroid dienone is 2. The first-order chi connectivity index (χ1) is 8.56. The first-order valence-electron chi connectivity index (χ1n) is 5.95. The van der Waals surface area contributed by atoms with Crippen LogP contribution in [-0.2, 0) is 4.79 Å². The molecule has 18 heavy (non-hydrogen) atoms. The molecule has 0 bridgehead atoms. The van der Waals surface area contributed by atoms with E-state index in [-0.39, 0.29) is 17.5 Å². The van der Waals surface area contributed by atoms with E-state index in [0.717, 1.165) is 12.8 Å². The molecule has 2 rings (SSSR count). The molecule has 0 saturated carbocycles. The lowest BCUT2D eigenvalue weighted by Crippen LogP contribution is -2.16. The molecule has 0 saturated heterocycles. The second-order valence-corrected chi connectivity index (χ2v) is 4.56. The van der Waals surface area contributed by atoms with Gasteiger partial charge in [-0.1, -0.05) is 12.2 Å². The number of carboxylic acids is 1. The SMILES string of the molecule is Cc1cc(NC(=O)CC2C=CCC2)c(C(=O)O)[nH]1. The highest BCUT2D eigenvalue weighted by atomic mass is 16.4. The minimum Gasteiger partial charge on any atom is -0.477 e. The number of rotatable bonds is 4. The number of aromatic carboxylic acids is 1. The molecule has 1 heterocycles. The summed E-state index contributed by atoms with van der Waals surface area (Å²) < 4.78 is 0. The number of aryl methyl sites for hydroxylation is 1. The Bertz CT molecular complexity index is 502. The fraction of sp³-hybridized carbons (Fsp3) is 0.385. The Kier molecular flexibility index (Phi) is 3.50. The fourth-order valence-corrected chi connectivity index (χ4v) is 2.16. The van der Waals surface area contributed by atoms with Crippen molar-refractivity contribution < 1.29 is 14.7 Å². The van der Waals surface area contributed by atoms with Gasteiger partial charge >= 0.3 is 5.97 Å². The lowest BCUT2D eigenvalue weighted by atomic mass is 10.1. The molecule has 0 spiro atoms. The number of hydrogen-bond acceptors (Lipinski definition) is 2. The van der Waals surface area contributed by atoms with Gasteiger partial charge in [0.05, 0.1) is 5.69 Å². The largest absolute Gasteiger partial charge is 0.477 e. The van der Waals surface area contributed by atoms with Crippen LogP contribution in [0.15, 0.2) is 18.2 Å². The molecule has 3 N–H and O–H groups in total. The van der Waals surface area contributed by atoms with Crippen molar-refractivity contribution in [3.05, 3.63) is 29.6 Å². The summed E-state index contributed by atoms with van der Waals surface area (Å²) >= 11 is 0. The number of carbonyl (C=O) groups excluding carboxylic acids is 1. The standard InChI is InChI=1S/C13H16N2O3/c1-8-6-10(12(14-8)13(17)18)15-11(16)7-9-4-2-3-5-9/h2,4,6,9,14H,3,5,7H2,1H3,(H,15,16)(H,17,18). The molecular formula is C13H16N2O3. The summed E-state index contributed by atoms with van der Waals surface area (Å²) in [5.74, 6) is -0.939. The Hall–Kier alpha value is -2.04. The highest BCUT2D eigenvalue weighted by Gasteiger charge is 2.18. The van der Waals surface area contributed by atoms with Crippen LogP contribution >= 0.6 is 0 Å². The predicted molar refractivity (Wildman–Crippen MR) is 67.6 cm³/mol. The number of nitrogens with one attached hydrogen (secondary N) is 2. The number of amides is 1. The second-order valence-electron chi connectivity index (χ2n) is 4.56. The third-order valence-corrected chi connectivity index (χ3v) is 3.00. The maximum atomic E-state index is 11.8. The van der Waals surface area contributed by atoms with E-state index >= 15 is 0 Å². The van der Waals surface area contributed by atoms with Gasteiger partial charge in [-0.15, -0.1) is 0 Å². The topological polar surface area (TPSA) is 82.2 Å². The molecule has 1 atom stereocenters. The fourth-order valence-electron chi connectivity index (χ4n) is 2.16. The molecule has 1 unspecified atom stereocenters. The van der Waals surface area contributed by atoms with E-state index in [0.29, 0.717) is 17.8 Å². The summed E-state index contributed by atoms with van der Waals surface area (Å²) in [5.41, 5.74) is 1.08. The minimum absolute atomic E-state index is 0.0304. The van der Waals surface area contributed by atoms with Gasteiger partial charge in [0.15, 0.2) is 0 Å². The van der Waals surface area contributed by atoms with E-state index < -0.39 is 5.97 Å². The van der Waals surface area contributed by atoms with Crippen molar-refractivity contribution in [1.82, 2.24) is 4.98 Å². The molecular weight excluding hydrogens is 232 g/mol. The van der Waals surface area contributed by atoms with Crippen molar-refractivity contribution in [3.8, 4) is 0 Å². The van der Waals surface area contributed by atoms with Gasteiger partial charge in [-0.3, -0.25) is 4.79 Å². The third kappa shape index (κ3) is 2.80. The first kappa shape index (κ1) is 12.4. The molecule has 1 amide bonds. The van der Waals surface area contributed by atoms with Crippen molar-refractivity contribution in [2.45, 2.75) is 26.2 Å². The van der Waals surface area contributed by atoms with Crippen LogP contribution in [0.25, 0.3) is 0 Å². The van der Waals surface area contributed by atoms with E-state index in [4.69, 9.17) is 5.11 Å². The van der Waals surface area contributed by atoms with Crippen LogP contribution in [0, 0.1) is 12.8 Å². The molecule has 0 radical (unpaired) electrons. The number of carboxylic acid groups (broad SMARTS) is 1. The second kappa shape index (κ2) is 5.08. The average Bonchev–Trinajstić information content (AvgIpc) is 2.88. The zero-order chi connectivity index (χ0) is 13.1. The van der Waals surface area contributed by atoms with Gasteiger partial charge in [-0.05, 0) is 31.7 Å². The molecule has 0 fully saturated rings. The highest BCUT2D eigenvalue weighted by molar-refractivity contribution is 5.99. The van der Waals surface area contributed by atoms with E-state index in [2.05, 4.69) is 16.4 Å². The Morgan fingerprint density at radius 3 is 2.94 bits per heavy atom. The van der Waals surface area contributed by atoms with Crippen molar-refractivity contribution in [2.75, 3.05) is 5.32 Å². The maximum absolute atomic E-state index is 11.8. The van der Waals surface area contributed by atoms with Crippen molar-refractivity contribution in [1.29, 1.82) is 0 Å². The Balaban J connectivity index is 2.02. The van der Waals surface area contributed by atoms with Gasteiger partial charge in [0.1, 0.15) is 5.69 Å². The van der Waals surface area contributed by atoms with Crippen LogP contribution in [0.2, 0.25) is 0 Å². The van der Waals surface area contributed by atoms with Crippen LogP contribution < -0.4 is 5.32 Å². The maximum Gasteiger partial charge on any atom is 0.354 e. The Morgan fingerprint density at radius 2 is 2.33 bits per heavy atom. The van der Waals surface area contributed by atoms with Gasteiger partial charge < -0.3 is 15.4 Å². The molecule has 0 aromatic carbocycles. The lowest BCUT2D eigenvalue weighted by molar-refractivity contribution is -0.116. The Labute approximate surface area is 105 Å². The molecule has 5 nitrogen and oxygen atoms in total. The normalized spacial score (nSPS) is 17.9. The minimum atomic E-state index is -1.07. The molecule has 5 heteroatoms. The van der Waals surface area contributed by atoms with Gasteiger partial charge in [0, 0.05) is 12.1 Å². The number of carbonyl (C=O) groups is 2. The average molecular weight is 248 g/mol. The van der Waals surface area contributed by atoms with Gasteiger partial charge in [-0.25, -0.2) is 4.79 Å². The van der Waals surface area contributed by atoms with E-state index in [1.807, 2.05) is 6.08 Å². The van der Waals surface area contributed by atoms with E-state index in [1.54, 1.807) is 13.0 Å². The summed E-state index contributed by atoms with van der Waals surface area (Å²) in [6, 6.07) is 1.63. The van der Waals surface area contributed by atoms with Crippen LogP contribution in [0.5, 0.6) is 0 Å². The summed E-state index contributed by atoms with van der Waals surface area (Å²) in [5, 5.41) is 11.6. The Morgan fingerprint density at radius 1 is 1.56 bits per heavy atom. The zero-order valence-corrected chi connectivity index (χ0v) is 10.2. The van der Waals surface area contributed by atoms with Crippen LogP contribution in [0.1, 0.15) is 35.4 Å². The first-order valence-corrected chi connectivity index (χ1v) is 5.95. The third-order valence-electron chi connectivity index (χ3n) is 3.00. The van der Waals surface area contributed by atoms with Gasteiger partial charge in [-0.2, -0.15) is 0 Å². The smallest absolute Gasteiger partial charge is 0.354 e. The monoisotopic (exact) mass is 248 g/mol. The lowest BCUT2D eigenvalue weighted by Gasteiger charge is -2.08. The molecule has 1 aliphatic carbocycles. The number of hydrogen-bond donors (Lipinski definition) is 3. The number of aromatic nitrogens is 1. The van der Waals surface area contributed by atoms with Crippen LogP contribution in [-0.4, -0.2) is 22.0 Å². The summed E-state index contributed by atoms with van der Waals surface area (Å²) in [4.78, 5) is 25.5. The zero-order valence-electron chi connectivity index (χ0n) is 10.2. The van der Waals surface area contributed by atoms with Crippen LogP contribution in [0.4, 0.5) is 5.69 Å². The summed E-state index contributed by atoms with van der Waals surface area (Å²) in [6.45, 7) is 1.75. The molecule has 1 aromatic rings. The van der Waals surface area contributed by atoms with Crippen LogP contribution in [0.3, 0.4) is 0 Å². The van der Waals surface area contributed by atoms with Gasteiger partial charge in [0.2, 0.25) is 5.91 Å². The molecule has 96 valence electrons. The number of H-pyrrole nitrogens is 1. The van der Waals surface area contributed by atoms with Crippen molar-refractivity contribution in [2.24, 2.45) is 5.92 Å². The predicted octanol–water partition coefficient (Wildman–Crippen LogP) is 2.32. The number of anilines is 1. The molecule has 0 aliphatic heterocycles. The quantitative estimate of drug-likeness (QED) is 0.715. The van der Waals surface area contributed by atoms with Crippen molar-refractivity contribution in [3.63, 3.8) is 0 Å². The van der Waals surface area contributed by atoms with Crippen molar-refractivity contribution >= 4 is 17.6 Å². The summed E-state index contributed by atoms with van der Waals surface area (Å²) in [7, 11) is 0. The van der Waals surface area contributed by atoms with Gasteiger partial charge in [0.25, 0.3) is 0 Å². The number of aromatic amines is 1. The van der Waals surface area contributed by atoms with E-state index in [9.17, 15) is 9.59 Å². The molecule has 1 aliphatic rings.